The van der Waals surface area contributed by atoms with Crippen LogP contribution in [-0.2, 0) is 14.4 Å². The maximum Gasteiger partial charge on any atom is 0.414 e. The van der Waals surface area contributed by atoms with E-state index >= 15 is 0 Å². The van der Waals surface area contributed by atoms with Crippen LogP contribution in [0.25, 0.3) is 0 Å². The third-order valence-corrected chi connectivity index (χ3v) is 4.48. The van der Waals surface area contributed by atoms with Gasteiger partial charge in [-0.3, -0.25) is 9.69 Å². The van der Waals surface area contributed by atoms with Gasteiger partial charge in [0.05, 0.1) is 5.69 Å². The topological polar surface area (TPSA) is 110 Å². The van der Waals surface area contributed by atoms with Gasteiger partial charge in [0.15, 0.2) is 0 Å². The summed E-state index contributed by atoms with van der Waals surface area (Å²) in [5, 5.41) is 17.4. The molecule has 8 nitrogen and oxygen atoms in total. The standard InChI is InChI=1S/C19H22FN3O.C2H2O4/c20-17-8-4-5-9-18(17)21-19(24)10-11-22-12-14-23(15-13-22)16-6-2-1-3-7-16;3-1(4)2(5)6/h1-9H,10-15H2,(H,21,24);(H,3,4)(H,5,6). The van der Waals surface area contributed by atoms with Crippen LogP contribution in [0.3, 0.4) is 0 Å². The first-order valence-corrected chi connectivity index (χ1v) is 9.39. The number of para-hydroxylation sites is 2. The number of halogens is 1. The Morgan fingerprint density at radius 2 is 1.43 bits per heavy atom. The number of nitrogens with zero attached hydrogens (tertiary/aromatic N) is 2. The summed E-state index contributed by atoms with van der Waals surface area (Å²) in [6.07, 6.45) is 0.375. The van der Waals surface area contributed by atoms with Crippen LogP contribution in [0.1, 0.15) is 6.42 Å². The molecule has 1 saturated heterocycles. The maximum absolute atomic E-state index is 13.5. The van der Waals surface area contributed by atoms with Gasteiger partial charge in [-0.05, 0) is 24.3 Å². The number of hydrogen-bond acceptors (Lipinski definition) is 5. The lowest BCUT2D eigenvalue weighted by Gasteiger charge is -2.36. The van der Waals surface area contributed by atoms with Crippen molar-refractivity contribution in [3.8, 4) is 0 Å². The molecule has 1 fully saturated rings. The molecule has 1 heterocycles. The Bertz CT molecular complexity index is 843. The molecule has 160 valence electrons. The Hall–Kier alpha value is -3.46. The molecule has 0 unspecified atom stereocenters. The highest BCUT2D eigenvalue weighted by Gasteiger charge is 2.17. The van der Waals surface area contributed by atoms with Crippen molar-refractivity contribution in [3.05, 3.63) is 60.4 Å². The van der Waals surface area contributed by atoms with Crippen LogP contribution in [0.5, 0.6) is 0 Å². The van der Waals surface area contributed by atoms with E-state index in [1.165, 1.54) is 11.8 Å². The van der Waals surface area contributed by atoms with E-state index in [2.05, 4.69) is 39.4 Å². The van der Waals surface area contributed by atoms with E-state index in [9.17, 15) is 9.18 Å². The lowest BCUT2D eigenvalue weighted by molar-refractivity contribution is -0.159. The summed E-state index contributed by atoms with van der Waals surface area (Å²) < 4.78 is 13.5. The van der Waals surface area contributed by atoms with Gasteiger partial charge >= 0.3 is 11.9 Å². The fourth-order valence-corrected chi connectivity index (χ4v) is 2.90. The highest BCUT2D eigenvalue weighted by atomic mass is 19.1. The van der Waals surface area contributed by atoms with Gasteiger partial charge in [0.25, 0.3) is 0 Å². The van der Waals surface area contributed by atoms with Crippen LogP contribution in [0.15, 0.2) is 54.6 Å². The van der Waals surface area contributed by atoms with Gasteiger partial charge in [0.2, 0.25) is 5.91 Å². The Labute approximate surface area is 173 Å². The molecule has 2 aromatic rings. The van der Waals surface area contributed by atoms with Crippen LogP contribution < -0.4 is 10.2 Å². The molecule has 0 bridgehead atoms. The molecule has 1 aliphatic heterocycles. The summed E-state index contributed by atoms with van der Waals surface area (Å²) in [7, 11) is 0. The molecule has 0 atom stereocenters. The smallest absolute Gasteiger partial charge is 0.414 e. The van der Waals surface area contributed by atoms with Gasteiger partial charge in [-0.25, -0.2) is 14.0 Å². The predicted molar refractivity (Wildman–Crippen MR) is 110 cm³/mol. The van der Waals surface area contributed by atoms with Crippen molar-refractivity contribution in [2.75, 3.05) is 42.9 Å². The summed E-state index contributed by atoms with van der Waals surface area (Å²) in [4.78, 5) is 34.8. The van der Waals surface area contributed by atoms with E-state index < -0.39 is 17.8 Å². The van der Waals surface area contributed by atoms with Gasteiger partial charge in [0.1, 0.15) is 5.82 Å². The highest BCUT2D eigenvalue weighted by molar-refractivity contribution is 6.27. The second kappa shape index (κ2) is 11.5. The molecule has 0 radical (unpaired) electrons. The number of carboxylic acids is 2. The molecular formula is C21H24FN3O5. The van der Waals surface area contributed by atoms with Crippen LogP contribution in [0, 0.1) is 5.82 Å². The van der Waals surface area contributed by atoms with Crippen molar-refractivity contribution in [2.24, 2.45) is 0 Å². The number of rotatable bonds is 5. The Morgan fingerprint density at radius 3 is 2.00 bits per heavy atom. The minimum Gasteiger partial charge on any atom is -0.473 e. The molecule has 1 amide bonds. The molecule has 3 rings (SSSR count). The quantitative estimate of drug-likeness (QED) is 0.639. The number of hydrogen-bond donors (Lipinski definition) is 3. The number of carbonyl (C=O) groups is 3. The summed E-state index contributed by atoms with van der Waals surface area (Å²) in [5.74, 6) is -4.20. The van der Waals surface area contributed by atoms with Crippen molar-refractivity contribution >= 4 is 29.2 Å². The number of carbonyl (C=O) groups excluding carboxylic acids is 1. The average molecular weight is 417 g/mol. The van der Waals surface area contributed by atoms with Crippen LogP contribution >= 0.6 is 0 Å². The van der Waals surface area contributed by atoms with Crippen LogP contribution in [-0.4, -0.2) is 65.7 Å². The van der Waals surface area contributed by atoms with Gasteiger partial charge in [-0.15, -0.1) is 0 Å². The molecule has 2 aromatic carbocycles. The fourth-order valence-electron chi connectivity index (χ4n) is 2.90. The molecule has 3 N–H and O–H groups in total. The van der Waals surface area contributed by atoms with Crippen LogP contribution in [0.2, 0.25) is 0 Å². The average Bonchev–Trinajstić information content (AvgIpc) is 2.75. The van der Waals surface area contributed by atoms with Gasteiger partial charge in [-0.1, -0.05) is 30.3 Å². The Morgan fingerprint density at radius 1 is 0.867 bits per heavy atom. The van der Waals surface area contributed by atoms with E-state index in [1.807, 2.05) is 6.07 Å². The number of aliphatic carboxylic acids is 2. The van der Waals surface area contributed by atoms with Gasteiger partial charge in [0, 0.05) is 44.8 Å². The first-order chi connectivity index (χ1) is 14.4. The summed E-state index contributed by atoms with van der Waals surface area (Å²) in [5.41, 5.74) is 1.49. The van der Waals surface area contributed by atoms with Crippen molar-refractivity contribution < 1.29 is 29.0 Å². The number of benzene rings is 2. The number of piperazine rings is 1. The monoisotopic (exact) mass is 417 g/mol. The van der Waals surface area contributed by atoms with Gasteiger partial charge in [-0.2, -0.15) is 0 Å². The minimum absolute atomic E-state index is 0.148. The van der Waals surface area contributed by atoms with E-state index in [4.69, 9.17) is 19.8 Å². The maximum atomic E-state index is 13.5. The van der Waals surface area contributed by atoms with Gasteiger partial charge < -0.3 is 20.4 Å². The van der Waals surface area contributed by atoms with E-state index in [1.54, 1.807) is 18.2 Å². The Balaban J connectivity index is 0.000000469. The van der Waals surface area contributed by atoms with Crippen molar-refractivity contribution in [2.45, 2.75) is 6.42 Å². The van der Waals surface area contributed by atoms with Crippen molar-refractivity contribution in [1.29, 1.82) is 0 Å². The number of amides is 1. The third kappa shape index (κ3) is 7.51. The lowest BCUT2D eigenvalue weighted by atomic mass is 10.2. The second-order valence-corrected chi connectivity index (χ2v) is 6.55. The number of carboxylic acid groups (broad SMARTS) is 2. The first-order valence-electron chi connectivity index (χ1n) is 9.39. The zero-order valence-electron chi connectivity index (χ0n) is 16.3. The first kappa shape index (κ1) is 22.8. The lowest BCUT2D eigenvalue weighted by Crippen LogP contribution is -2.47. The second-order valence-electron chi connectivity index (χ2n) is 6.55. The summed E-state index contributed by atoms with van der Waals surface area (Å²) in [6.45, 7) is 4.48. The van der Waals surface area contributed by atoms with E-state index in [0.29, 0.717) is 13.0 Å². The van der Waals surface area contributed by atoms with E-state index in [0.717, 1.165) is 26.2 Å². The number of anilines is 2. The molecule has 0 spiro atoms. The molecule has 0 saturated carbocycles. The fraction of sp³-hybridized carbons (Fsp3) is 0.286. The molecule has 1 aliphatic rings. The van der Waals surface area contributed by atoms with Crippen molar-refractivity contribution in [1.82, 2.24) is 4.90 Å². The normalized spacial score (nSPS) is 13.7. The Kier molecular flexibility index (Phi) is 8.76. The summed E-state index contributed by atoms with van der Waals surface area (Å²) in [6, 6.07) is 16.6. The predicted octanol–water partition coefficient (Wildman–Crippen LogP) is 2.13. The molecular weight excluding hydrogens is 393 g/mol. The highest BCUT2D eigenvalue weighted by Crippen LogP contribution is 2.16. The van der Waals surface area contributed by atoms with Crippen LogP contribution in [0.4, 0.5) is 15.8 Å². The molecule has 0 aliphatic carbocycles. The van der Waals surface area contributed by atoms with E-state index in [-0.39, 0.29) is 11.6 Å². The third-order valence-electron chi connectivity index (χ3n) is 4.48. The number of nitrogens with one attached hydrogen (secondary N) is 1. The van der Waals surface area contributed by atoms with Crippen molar-refractivity contribution in [3.63, 3.8) is 0 Å². The summed E-state index contributed by atoms with van der Waals surface area (Å²) >= 11 is 0. The minimum atomic E-state index is -1.82. The molecule has 30 heavy (non-hydrogen) atoms. The SMILES string of the molecule is O=C(CCN1CCN(c2ccccc2)CC1)Nc1ccccc1F.O=C(O)C(=O)O. The largest absolute Gasteiger partial charge is 0.473 e. The zero-order chi connectivity index (χ0) is 21.9. The molecule has 9 heteroatoms. The zero-order valence-corrected chi connectivity index (χ0v) is 16.3. The molecule has 0 aromatic heterocycles.